The predicted octanol–water partition coefficient (Wildman–Crippen LogP) is 1.02. The lowest BCUT2D eigenvalue weighted by atomic mass is 9.46. The van der Waals surface area contributed by atoms with Gasteiger partial charge in [0.05, 0.1) is 18.8 Å². The van der Waals surface area contributed by atoms with Gasteiger partial charge in [-0.25, -0.2) is 4.79 Å². The molecule has 0 saturated heterocycles. The number of ether oxygens (including phenoxy) is 1. The molecule has 2 unspecified atom stereocenters. The molecule has 3 atom stereocenters. The first kappa shape index (κ1) is 19.6. The Hall–Kier alpha value is -1.38. The fraction of sp³-hybridized carbons (Fsp3) is 0.905. The number of nitrogens with zero attached hydrogens (tertiary/aromatic N) is 1. The first-order valence-electron chi connectivity index (χ1n) is 11.5. The number of nitrogens with one attached hydrogen (secondary N) is 1. The van der Waals surface area contributed by atoms with Gasteiger partial charge in [0.2, 0.25) is 8.77 Å². The molecular weight excluding hydrogens is 376 g/mol. The molecule has 0 heterocycles. The second-order valence-electron chi connectivity index (χ2n) is 10.4. The Balaban J connectivity index is 1.89. The van der Waals surface area contributed by atoms with Crippen molar-refractivity contribution in [3.63, 3.8) is 0 Å². The van der Waals surface area contributed by atoms with Crippen molar-refractivity contribution in [3.8, 4) is 0 Å². The second kappa shape index (κ2) is 8.04. The molecule has 0 spiro atoms. The number of hydrogen-bond acceptors (Lipinski definition) is 6. The van der Waals surface area contributed by atoms with Gasteiger partial charge in [0, 0.05) is 18.5 Å². The summed E-state index contributed by atoms with van der Waals surface area (Å²) in [5.74, 6) is 0.359. The molecule has 166 valence electrons. The largest absolute Gasteiger partial charge is 0.444 e. The van der Waals surface area contributed by atoms with E-state index >= 15 is 0 Å². The van der Waals surface area contributed by atoms with E-state index in [9.17, 15) is 14.7 Å². The highest BCUT2D eigenvalue weighted by Gasteiger charge is 2.61. The summed E-state index contributed by atoms with van der Waals surface area (Å²) in [7, 11) is 0. The smallest absolute Gasteiger partial charge is 0.408 e. The summed E-state index contributed by atoms with van der Waals surface area (Å²) in [4.78, 5) is 27.9. The molecule has 4 aliphatic carbocycles. The zero-order valence-corrected chi connectivity index (χ0v) is 17.7. The van der Waals surface area contributed by atoms with Gasteiger partial charge < -0.3 is 30.3 Å². The van der Waals surface area contributed by atoms with Crippen LogP contribution in [0.2, 0.25) is 0 Å². The molecule has 8 nitrogen and oxygen atoms in total. The minimum Gasteiger partial charge on any atom is -0.444 e. The first-order chi connectivity index (χ1) is 14.5. The Bertz CT molecular complexity index is 649. The minimum absolute atomic E-state index is 0.00504. The Kier molecular flexibility index (Phi) is 5.43. The molecule has 4 fully saturated rings. The van der Waals surface area contributed by atoms with Crippen molar-refractivity contribution in [2.75, 3.05) is 26.3 Å². The molecule has 4 saturated carbocycles. The van der Waals surface area contributed by atoms with Gasteiger partial charge in [-0.15, -0.1) is 0 Å². The van der Waals surface area contributed by atoms with Gasteiger partial charge in [0.25, 0.3) is 0 Å². The molecule has 4 aliphatic rings. The fourth-order valence-electron chi connectivity index (χ4n) is 6.26. The van der Waals surface area contributed by atoms with Crippen LogP contribution >= 0.6 is 0 Å². The van der Waals surface area contributed by atoms with Gasteiger partial charge in [0.15, 0.2) is 0 Å². The fourth-order valence-corrected chi connectivity index (χ4v) is 6.26. The summed E-state index contributed by atoms with van der Waals surface area (Å²) in [6.07, 6.45) is 3.91. The topological polar surface area (TPSA) is 119 Å². The van der Waals surface area contributed by atoms with Crippen molar-refractivity contribution >= 4 is 12.0 Å². The first-order valence-corrected chi connectivity index (χ1v) is 10.7. The van der Waals surface area contributed by atoms with Crippen LogP contribution in [-0.4, -0.2) is 78.6 Å². The van der Waals surface area contributed by atoms with Crippen LogP contribution < -0.4 is 5.32 Å². The molecule has 0 aromatic carbocycles. The maximum Gasteiger partial charge on any atom is 0.408 e. The van der Waals surface area contributed by atoms with E-state index in [-0.39, 0.29) is 32.2 Å². The van der Waals surface area contributed by atoms with Crippen LogP contribution in [0.1, 0.15) is 59.3 Å². The van der Waals surface area contributed by atoms with Gasteiger partial charge in [-0.3, -0.25) is 4.79 Å². The molecule has 0 aromatic rings. The van der Waals surface area contributed by atoms with E-state index in [1.807, 2.05) is 0 Å². The summed E-state index contributed by atoms with van der Waals surface area (Å²) in [5, 5.41) is 22.8. The predicted molar refractivity (Wildman–Crippen MR) is 106 cm³/mol. The molecule has 4 rings (SSSR count). The van der Waals surface area contributed by atoms with Crippen LogP contribution in [0.15, 0.2) is 0 Å². The number of carbonyl (C=O) groups excluding carboxylic acids is 2. The zero-order chi connectivity index (χ0) is 22.9. The van der Waals surface area contributed by atoms with Crippen molar-refractivity contribution < 1.29 is 29.7 Å². The van der Waals surface area contributed by atoms with E-state index in [4.69, 9.17) is 7.60 Å². The molecule has 0 radical (unpaired) electrons. The highest BCUT2D eigenvalue weighted by Crippen LogP contribution is 2.63. The van der Waals surface area contributed by atoms with Crippen LogP contribution in [0, 0.1) is 17.3 Å². The molecule has 29 heavy (non-hydrogen) atoms. The van der Waals surface area contributed by atoms with Crippen LogP contribution in [0.4, 0.5) is 4.79 Å². The second-order valence-corrected chi connectivity index (χ2v) is 10.4. The van der Waals surface area contributed by atoms with E-state index in [0.717, 1.165) is 32.1 Å². The quantitative estimate of drug-likeness (QED) is 0.446. The van der Waals surface area contributed by atoms with Crippen LogP contribution in [0.3, 0.4) is 0 Å². The normalized spacial score (nSPS) is 34.9. The molecule has 8 heteroatoms. The summed E-state index contributed by atoms with van der Waals surface area (Å²) in [6, 6.07) is -0.865. The number of amides is 2. The van der Waals surface area contributed by atoms with Crippen molar-refractivity contribution in [2.45, 2.75) is 76.5 Å². The average molecular weight is 417 g/mol. The van der Waals surface area contributed by atoms with E-state index in [1.54, 1.807) is 20.8 Å². The Morgan fingerprint density at radius 3 is 2.24 bits per heavy atom. The van der Waals surface area contributed by atoms with E-state index in [0.29, 0.717) is 18.3 Å². The molecule has 0 aromatic heterocycles. The number of aliphatic hydroxyl groups is 3. The Morgan fingerprint density at radius 1 is 1.17 bits per heavy atom. The number of carbonyl (C=O) groups is 2. The Labute approximate surface area is 175 Å². The van der Waals surface area contributed by atoms with Gasteiger partial charge in [-0.1, -0.05) is 0 Å². The summed E-state index contributed by atoms with van der Waals surface area (Å²) < 4.78 is 19.4. The van der Waals surface area contributed by atoms with E-state index in [2.05, 4.69) is 15.5 Å². The molecular formula is C21H36N2O6. The molecule has 4 bridgehead atoms. The maximum atomic E-state index is 13.7. The molecule has 4 N–H and O–H groups in total. The van der Waals surface area contributed by atoms with Gasteiger partial charge in [0.1, 0.15) is 11.6 Å². The van der Waals surface area contributed by atoms with E-state index < -0.39 is 28.8 Å². The van der Waals surface area contributed by atoms with Gasteiger partial charge in [-0.05, 0) is 71.1 Å². The maximum absolute atomic E-state index is 13.7. The molecule has 2 amide bonds. The van der Waals surface area contributed by atoms with E-state index in [1.165, 1.54) is 4.90 Å². The van der Waals surface area contributed by atoms with Crippen molar-refractivity contribution in [1.82, 2.24) is 10.2 Å². The number of alkyl carbamates (subject to hydrolysis) is 1. The highest BCUT2D eigenvalue weighted by molar-refractivity contribution is 5.87. The molecule has 0 aliphatic heterocycles. The lowest BCUT2D eigenvalue weighted by Gasteiger charge is -2.62. The van der Waals surface area contributed by atoms with Gasteiger partial charge >= 0.3 is 6.09 Å². The van der Waals surface area contributed by atoms with Crippen LogP contribution in [0.5, 0.6) is 0 Å². The number of rotatable bonds is 9. The van der Waals surface area contributed by atoms with Crippen molar-refractivity contribution in [2.24, 2.45) is 17.3 Å². The highest BCUT2D eigenvalue weighted by atomic mass is 16.6. The SMILES string of the molecule is [3H]OCCN(CCO[3H])C(=O)[C@@H](NC(=O)OC(C)(C)C)C12CC3CC(CC(O)(C3)C1)C2. The third-order valence-electron chi connectivity index (χ3n) is 6.63. The summed E-state index contributed by atoms with van der Waals surface area (Å²) in [6.45, 7) is 5.59. The van der Waals surface area contributed by atoms with Crippen LogP contribution in [0.25, 0.3) is 0 Å². The van der Waals surface area contributed by atoms with Crippen molar-refractivity contribution in [1.29, 1.82) is 2.86 Å². The third kappa shape index (κ3) is 4.86. The summed E-state index contributed by atoms with van der Waals surface area (Å²) in [5.41, 5.74) is -2.05. The number of hydrogen-bond donors (Lipinski definition) is 4. The van der Waals surface area contributed by atoms with Crippen LogP contribution in [-0.2, 0) is 9.53 Å². The third-order valence-corrected chi connectivity index (χ3v) is 6.63. The number of aliphatic hydroxyl groups excluding tert-OH is 2. The Morgan fingerprint density at radius 2 is 1.76 bits per heavy atom. The standard InChI is InChI=1S/C21H36N2O6/c1-19(2,3)29-18(27)22-16(17(26)23(4-6-24)5-7-25)20-9-14-8-15(10-20)12-21(28,11-14)13-20/h14-16,24-25,28H,4-13H2,1-3H3,(H,22,27)/t14?,15?,16-,20?,21?/m1/s1/i24T,25T. The zero-order valence-electron chi connectivity index (χ0n) is 19.7. The minimum atomic E-state index is -0.865. The van der Waals surface area contributed by atoms with Crippen molar-refractivity contribution in [3.05, 3.63) is 0 Å². The monoisotopic (exact) mass is 416 g/mol. The summed E-state index contributed by atoms with van der Waals surface area (Å²) >= 11 is 0. The lowest BCUT2D eigenvalue weighted by molar-refractivity contribution is -0.180. The lowest BCUT2D eigenvalue weighted by Crippen LogP contribution is -2.66. The van der Waals surface area contributed by atoms with Gasteiger partial charge in [-0.2, -0.15) is 0 Å². The average Bonchev–Trinajstić information content (AvgIpc) is 2.62.